The van der Waals surface area contributed by atoms with E-state index in [2.05, 4.69) is 10.3 Å². The number of nitrogens with one attached hydrogen (secondary N) is 1. The summed E-state index contributed by atoms with van der Waals surface area (Å²) in [5.41, 5.74) is 1.44. The van der Waals surface area contributed by atoms with Crippen LogP contribution in [0.5, 0.6) is 11.6 Å². The van der Waals surface area contributed by atoms with Crippen LogP contribution in [-0.2, 0) is 27.4 Å². The molecule has 2 unspecified atom stereocenters. The molecule has 1 aromatic carbocycles. The van der Waals surface area contributed by atoms with E-state index in [1.807, 2.05) is 52.8 Å². The van der Waals surface area contributed by atoms with E-state index in [9.17, 15) is 14.4 Å². The Kier molecular flexibility index (Phi) is 9.23. The second kappa shape index (κ2) is 13.5. The molecule has 2 aliphatic heterocycles. The van der Waals surface area contributed by atoms with E-state index in [1.165, 1.54) is 13.3 Å². The minimum absolute atomic E-state index is 0.140. The lowest BCUT2D eigenvalue weighted by molar-refractivity contribution is -0.141. The highest BCUT2D eigenvalue weighted by molar-refractivity contribution is 5.92. The summed E-state index contributed by atoms with van der Waals surface area (Å²) >= 11 is 0. The summed E-state index contributed by atoms with van der Waals surface area (Å²) < 4.78 is 24.2. The van der Waals surface area contributed by atoms with Gasteiger partial charge in [-0.15, -0.1) is 0 Å². The molecule has 268 valence electrons. The van der Waals surface area contributed by atoms with Crippen molar-refractivity contribution in [3.05, 3.63) is 41.7 Å². The zero-order chi connectivity index (χ0) is 35.3. The summed E-state index contributed by atoms with van der Waals surface area (Å²) in [7, 11) is 0. The quantitative estimate of drug-likeness (QED) is 0.348. The second-order valence-electron chi connectivity index (χ2n) is 15.9. The molecular weight excluding hydrogens is 638 g/mol. The SMILES string of the molecule is CC(=O)[C@@H]1[C@H](C)[C@@H]2CN1C(=O)[C@H](C(C)(C)C)NC(=O)O[C@@H]1CC3CC3[C@H]1CCCCCc1nc3ccc(OCc4ncc(C)o4)cc3nc1O2. The van der Waals surface area contributed by atoms with Gasteiger partial charge in [-0.25, -0.2) is 19.7 Å². The maximum absolute atomic E-state index is 14.4. The van der Waals surface area contributed by atoms with E-state index in [-0.39, 0.29) is 36.9 Å². The molecule has 2 bridgehead atoms. The minimum atomic E-state index is -0.897. The van der Waals surface area contributed by atoms with E-state index >= 15 is 0 Å². The number of rotatable bonds is 4. The first-order valence-electron chi connectivity index (χ1n) is 18.1. The second-order valence-corrected chi connectivity index (χ2v) is 15.9. The molecule has 3 fully saturated rings. The molecule has 50 heavy (non-hydrogen) atoms. The van der Waals surface area contributed by atoms with Crippen LogP contribution in [0.3, 0.4) is 0 Å². The van der Waals surface area contributed by atoms with Crippen LogP contribution in [0.4, 0.5) is 4.79 Å². The first kappa shape index (κ1) is 34.2. The topological polar surface area (TPSA) is 146 Å². The average molecular weight is 688 g/mol. The Balaban J connectivity index is 1.20. The number of ketones is 1. The van der Waals surface area contributed by atoms with Crippen molar-refractivity contribution >= 4 is 28.8 Å². The summed E-state index contributed by atoms with van der Waals surface area (Å²) in [4.78, 5) is 56.7. The maximum Gasteiger partial charge on any atom is 0.408 e. The van der Waals surface area contributed by atoms with Crippen LogP contribution in [0.15, 0.2) is 28.8 Å². The highest BCUT2D eigenvalue weighted by Crippen LogP contribution is 2.57. The Bertz CT molecular complexity index is 1770. The third-order valence-electron chi connectivity index (χ3n) is 11.1. The van der Waals surface area contributed by atoms with Crippen molar-refractivity contribution in [1.29, 1.82) is 0 Å². The van der Waals surface area contributed by atoms with Gasteiger partial charge in [0, 0.05) is 12.0 Å². The molecule has 12 nitrogen and oxygen atoms in total. The van der Waals surface area contributed by atoms with Crippen LogP contribution in [-0.4, -0.2) is 68.5 Å². The molecule has 0 radical (unpaired) electrons. The van der Waals surface area contributed by atoms with Crippen LogP contribution in [0.2, 0.25) is 0 Å². The smallest absolute Gasteiger partial charge is 0.408 e. The van der Waals surface area contributed by atoms with Gasteiger partial charge in [-0.3, -0.25) is 9.59 Å². The molecule has 1 saturated heterocycles. The molecule has 2 aliphatic carbocycles. The lowest BCUT2D eigenvalue weighted by Crippen LogP contribution is -2.57. The minimum Gasteiger partial charge on any atom is -0.484 e. The number of ether oxygens (including phenoxy) is 3. The number of alkyl carbamates (subject to hydrolysis) is 1. The van der Waals surface area contributed by atoms with Crippen LogP contribution >= 0.6 is 0 Å². The van der Waals surface area contributed by atoms with Gasteiger partial charge in [-0.2, -0.15) is 0 Å². The maximum atomic E-state index is 14.4. The molecule has 2 amide bonds. The van der Waals surface area contributed by atoms with Crippen molar-refractivity contribution in [2.45, 2.75) is 117 Å². The van der Waals surface area contributed by atoms with Crippen molar-refractivity contribution in [1.82, 2.24) is 25.2 Å². The number of carbonyl (C=O) groups is 3. The van der Waals surface area contributed by atoms with Crippen LogP contribution < -0.4 is 14.8 Å². The Morgan fingerprint density at radius 2 is 1.86 bits per heavy atom. The molecule has 12 heteroatoms. The first-order chi connectivity index (χ1) is 23.9. The fourth-order valence-corrected chi connectivity index (χ4v) is 8.38. The third-order valence-corrected chi connectivity index (χ3v) is 11.1. The molecule has 1 N–H and O–H groups in total. The number of aryl methyl sites for hydroxylation is 2. The van der Waals surface area contributed by atoms with Gasteiger partial charge in [0.1, 0.15) is 35.5 Å². The van der Waals surface area contributed by atoms with Gasteiger partial charge in [-0.1, -0.05) is 40.5 Å². The summed E-state index contributed by atoms with van der Waals surface area (Å²) in [5, 5.41) is 2.92. The Morgan fingerprint density at radius 1 is 1.04 bits per heavy atom. The van der Waals surface area contributed by atoms with Crippen molar-refractivity contribution < 1.29 is 33.0 Å². The van der Waals surface area contributed by atoms with E-state index in [1.54, 1.807) is 11.1 Å². The number of nitrogens with zero attached hydrogens (tertiary/aromatic N) is 4. The van der Waals surface area contributed by atoms with Crippen LogP contribution in [0.1, 0.15) is 90.5 Å². The average Bonchev–Trinajstić information content (AvgIpc) is 3.36. The zero-order valence-electron chi connectivity index (χ0n) is 29.9. The number of hydrogen-bond acceptors (Lipinski definition) is 10. The molecule has 4 heterocycles. The molecule has 7 rings (SSSR count). The number of hydrogen-bond donors (Lipinski definition) is 1. The summed E-state index contributed by atoms with van der Waals surface area (Å²) in [6, 6.07) is 3.95. The Hall–Kier alpha value is -4.22. The molecule has 2 saturated carbocycles. The van der Waals surface area contributed by atoms with Gasteiger partial charge in [0.15, 0.2) is 12.4 Å². The summed E-state index contributed by atoms with van der Waals surface area (Å²) in [6.07, 6.45) is 7.10. The number of Topliss-reactive ketones (excluding diaryl/α,β-unsaturated/α-hetero) is 1. The lowest BCUT2D eigenvalue weighted by atomic mass is 9.85. The largest absolute Gasteiger partial charge is 0.484 e. The van der Waals surface area contributed by atoms with Crippen LogP contribution in [0.25, 0.3) is 11.0 Å². The Labute approximate surface area is 293 Å². The summed E-state index contributed by atoms with van der Waals surface area (Å²) in [6.45, 7) is 11.3. The Morgan fingerprint density at radius 3 is 2.60 bits per heavy atom. The number of carbonyl (C=O) groups excluding carboxylic acids is 3. The van der Waals surface area contributed by atoms with E-state index in [0.29, 0.717) is 53.0 Å². The van der Waals surface area contributed by atoms with Gasteiger partial charge >= 0.3 is 6.09 Å². The predicted octanol–water partition coefficient (Wildman–Crippen LogP) is 5.97. The van der Waals surface area contributed by atoms with Crippen molar-refractivity contribution in [3.63, 3.8) is 0 Å². The number of fused-ring (bicyclic) bond motifs is 7. The fourth-order valence-electron chi connectivity index (χ4n) is 8.38. The standard InChI is InChI=1S/C38H49N5O7/c1-20-17-39-32(48-20)19-47-24-12-13-27-29(16-24)41-35-28(40-27)11-9-7-8-10-25-26-14-23(26)15-30(25)50-37(46)42-34(38(4,5)6)36(45)43-18-31(49-35)21(2)33(43)22(3)44/h12-13,16-17,21,23,25-26,30-31,33-34H,7-11,14-15,18-19H2,1-6H3,(H,42,46)/t21-,23?,25-,26?,30-,31+,33+,34-/m1/s1. The van der Waals surface area contributed by atoms with Crippen molar-refractivity contribution in [2.24, 2.45) is 29.1 Å². The van der Waals surface area contributed by atoms with E-state index < -0.39 is 29.7 Å². The van der Waals surface area contributed by atoms with Gasteiger partial charge in [0.2, 0.25) is 17.7 Å². The molecular formula is C38H49N5O7. The predicted molar refractivity (Wildman–Crippen MR) is 183 cm³/mol. The van der Waals surface area contributed by atoms with Gasteiger partial charge in [0.25, 0.3) is 0 Å². The lowest BCUT2D eigenvalue weighted by Gasteiger charge is -2.35. The van der Waals surface area contributed by atoms with Gasteiger partial charge < -0.3 is 28.8 Å². The number of amides is 2. The number of aromatic nitrogens is 3. The molecule has 3 aromatic rings. The van der Waals surface area contributed by atoms with E-state index in [0.717, 1.165) is 43.3 Å². The third kappa shape index (κ3) is 7.03. The van der Waals surface area contributed by atoms with Gasteiger partial charge in [-0.05, 0) is 81.3 Å². The van der Waals surface area contributed by atoms with Crippen molar-refractivity contribution in [3.8, 4) is 11.6 Å². The zero-order valence-corrected chi connectivity index (χ0v) is 29.9. The normalized spacial score (nSPS) is 30.2. The highest BCUT2D eigenvalue weighted by atomic mass is 16.6. The van der Waals surface area contributed by atoms with Gasteiger partial charge in [0.05, 0.1) is 29.8 Å². The molecule has 2 aromatic heterocycles. The monoisotopic (exact) mass is 687 g/mol. The van der Waals surface area contributed by atoms with Crippen LogP contribution in [0, 0.1) is 36.0 Å². The molecule has 4 aliphatic rings. The van der Waals surface area contributed by atoms with E-state index in [4.69, 9.17) is 28.6 Å². The first-order valence-corrected chi connectivity index (χ1v) is 18.1. The number of oxazole rings is 1. The highest BCUT2D eigenvalue weighted by Gasteiger charge is 2.55. The van der Waals surface area contributed by atoms with Crippen molar-refractivity contribution in [2.75, 3.05) is 6.54 Å². The molecule has 8 atom stereocenters. The summed E-state index contributed by atoms with van der Waals surface area (Å²) in [5.74, 6) is 2.95. The molecule has 0 spiro atoms. The number of benzene rings is 1. The fraction of sp³-hybridized carbons (Fsp3) is 0.632.